The van der Waals surface area contributed by atoms with Crippen molar-refractivity contribution < 1.29 is 61.8 Å². The molecule has 0 aliphatic carbocycles. The van der Waals surface area contributed by atoms with Crippen molar-refractivity contribution >= 4 is 23.9 Å². The van der Waals surface area contributed by atoms with Gasteiger partial charge < -0.3 is 42.6 Å². The van der Waals surface area contributed by atoms with E-state index in [1.807, 2.05) is 159 Å². The average molecular weight is 1060 g/mol. The van der Waals surface area contributed by atoms with Crippen molar-refractivity contribution in [1.29, 1.82) is 0 Å². The van der Waals surface area contributed by atoms with Gasteiger partial charge in [-0.05, 0) is 95.4 Å². The van der Waals surface area contributed by atoms with Crippen LogP contribution in [0, 0.1) is 6.92 Å². The van der Waals surface area contributed by atoms with Gasteiger partial charge in [0.15, 0.2) is 11.5 Å². The van der Waals surface area contributed by atoms with E-state index in [4.69, 9.17) is 42.6 Å². The van der Waals surface area contributed by atoms with E-state index in [2.05, 4.69) is 0 Å². The molecule has 0 aliphatic rings. The number of benzene rings is 9. The third kappa shape index (κ3) is 15.5. The monoisotopic (exact) mass is 1050 g/mol. The van der Waals surface area contributed by atoms with E-state index in [0.717, 1.165) is 27.8 Å². The van der Waals surface area contributed by atoms with Crippen LogP contribution in [0.5, 0.6) is 40.2 Å². The van der Waals surface area contributed by atoms with Crippen molar-refractivity contribution in [1.82, 2.24) is 0 Å². The highest BCUT2D eigenvalue weighted by Crippen LogP contribution is 2.41. The lowest BCUT2D eigenvalue weighted by Crippen LogP contribution is -2.15. The Labute approximate surface area is 457 Å². The van der Waals surface area contributed by atoms with Crippen LogP contribution < -0.4 is 33.2 Å². The Morgan fingerprint density at radius 2 is 0.608 bits per heavy atom. The predicted octanol–water partition coefficient (Wildman–Crippen LogP) is 13.3. The van der Waals surface area contributed by atoms with Gasteiger partial charge in [0.2, 0.25) is 5.75 Å². The van der Waals surface area contributed by atoms with Gasteiger partial charge in [-0.25, -0.2) is 19.2 Å². The van der Waals surface area contributed by atoms with Crippen molar-refractivity contribution in [2.45, 2.75) is 40.0 Å². The molecule has 0 aromatic heterocycles. The zero-order valence-electron chi connectivity index (χ0n) is 43.1. The minimum absolute atomic E-state index is 0.0606. The highest BCUT2D eigenvalue weighted by atomic mass is 16.6. The third-order valence-electron chi connectivity index (χ3n) is 12.1. The van der Waals surface area contributed by atoms with Crippen LogP contribution in [0.15, 0.2) is 224 Å². The molecule has 9 aromatic rings. The van der Waals surface area contributed by atoms with E-state index in [0.29, 0.717) is 22.8 Å². The Bertz CT molecular complexity index is 3350. The van der Waals surface area contributed by atoms with Crippen LogP contribution in [0.2, 0.25) is 0 Å². The summed E-state index contributed by atoms with van der Waals surface area (Å²) in [5.41, 5.74) is 5.73. The summed E-state index contributed by atoms with van der Waals surface area (Å²) in [4.78, 5) is 54.1. The molecular weight excluding hydrogens is 1000 g/mol. The summed E-state index contributed by atoms with van der Waals surface area (Å²) in [6, 6.07) is 66.2. The van der Waals surface area contributed by atoms with Crippen LogP contribution in [-0.4, -0.2) is 37.1 Å². The first-order valence-electron chi connectivity index (χ1n) is 25.4. The second-order valence-corrected chi connectivity index (χ2v) is 17.9. The molecular formula is C66H54O13. The lowest BCUT2D eigenvalue weighted by molar-refractivity contribution is 0.0265. The number of hydrogen-bond acceptors (Lipinski definition) is 13. The Hall–Kier alpha value is -10.1. The molecule has 0 atom stereocenters. The zero-order chi connectivity index (χ0) is 54.6. The molecule has 0 N–H and O–H groups in total. The molecule has 0 saturated carbocycles. The van der Waals surface area contributed by atoms with Crippen molar-refractivity contribution in [3.63, 3.8) is 0 Å². The van der Waals surface area contributed by atoms with E-state index < -0.39 is 23.9 Å². The van der Waals surface area contributed by atoms with Crippen LogP contribution in [0.3, 0.4) is 0 Å². The van der Waals surface area contributed by atoms with E-state index in [9.17, 15) is 19.2 Å². The SMILES string of the molecule is Cc1c(OCc2ccccc2)cc(C(=O)Oc2cccc(C(=O)OCCOC(=O)c3cccc(OC(=O)c4cc(OCc5ccccc5)c(OCc5ccccc5)c(OCc5ccccc5)c4)c3)c2)cc1OCc1ccccc1. The largest absolute Gasteiger partial charge is 0.488 e. The summed E-state index contributed by atoms with van der Waals surface area (Å²) in [6.07, 6.45) is 0. The first-order chi connectivity index (χ1) is 38.7. The zero-order valence-corrected chi connectivity index (χ0v) is 43.1. The smallest absolute Gasteiger partial charge is 0.343 e. The van der Waals surface area contributed by atoms with Gasteiger partial charge in [-0.2, -0.15) is 0 Å². The van der Waals surface area contributed by atoms with Gasteiger partial charge in [0.25, 0.3) is 0 Å². The Kier molecular flexibility index (Phi) is 18.4. The van der Waals surface area contributed by atoms with E-state index in [1.54, 1.807) is 24.3 Å². The Balaban J connectivity index is 0.818. The number of carbonyl (C=O) groups is 4. The fourth-order valence-electron chi connectivity index (χ4n) is 7.94. The van der Waals surface area contributed by atoms with Crippen LogP contribution >= 0.6 is 0 Å². The maximum atomic E-state index is 14.0. The van der Waals surface area contributed by atoms with Gasteiger partial charge >= 0.3 is 23.9 Å². The fourth-order valence-corrected chi connectivity index (χ4v) is 7.94. The third-order valence-corrected chi connectivity index (χ3v) is 12.1. The minimum atomic E-state index is -0.758. The fraction of sp³-hybridized carbons (Fsp3) is 0.121. The lowest BCUT2D eigenvalue weighted by atomic mass is 10.1. The summed E-state index contributed by atoms with van der Waals surface area (Å²) in [7, 11) is 0. The molecule has 13 nitrogen and oxygen atoms in total. The molecule has 396 valence electrons. The maximum Gasteiger partial charge on any atom is 0.343 e. The van der Waals surface area contributed by atoms with Crippen molar-refractivity contribution in [2.75, 3.05) is 13.2 Å². The highest BCUT2D eigenvalue weighted by Gasteiger charge is 2.23. The van der Waals surface area contributed by atoms with E-state index in [1.165, 1.54) is 48.5 Å². The maximum absolute atomic E-state index is 14.0. The van der Waals surface area contributed by atoms with Crippen LogP contribution in [0.1, 0.15) is 74.8 Å². The molecule has 9 rings (SSSR count). The lowest BCUT2D eigenvalue weighted by Gasteiger charge is -2.19. The predicted molar refractivity (Wildman–Crippen MR) is 295 cm³/mol. The van der Waals surface area contributed by atoms with Crippen LogP contribution in [0.4, 0.5) is 0 Å². The summed E-state index contributed by atoms with van der Waals surface area (Å²) >= 11 is 0. The number of hydrogen-bond donors (Lipinski definition) is 0. The molecule has 0 saturated heterocycles. The normalized spacial score (nSPS) is 10.6. The molecule has 0 spiro atoms. The standard InChI is InChI=1S/C66H54O13/c1-46-58(73-41-47-19-7-2-8-20-47)37-54(38-59(46)74-42-48-21-9-3-10-22-48)65(69)78-56-31-17-29-52(35-56)63(67)71-33-34-72-64(68)53-30-18-32-57(36-53)79-66(70)55-39-60(75-43-49-23-11-4-12-24-49)62(77-45-51-27-15-6-16-28-51)61(40-55)76-44-50-25-13-5-14-26-50/h2-32,35-40H,33-34,41-45H2,1H3. The van der Waals surface area contributed by atoms with E-state index in [-0.39, 0.29) is 91.5 Å². The summed E-state index contributed by atoms with van der Waals surface area (Å²) in [6.45, 7) is 2.33. The minimum Gasteiger partial charge on any atom is -0.488 e. The van der Waals surface area contributed by atoms with Crippen LogP contribution in [-0.2, 0) is 42.5 Å². The molecule has 0 aliphatic heterocycles. The van der Waals surface area contributed by atoms with Gasteiger partial charge in [-0.1, -0.05) is 164 Å². The Morgan fingerprint density at radius 3 is 0.949 bits per heavy atom. The number of ether oxygens (including phenoxy) is 9. The van der Waals surface area contributed by atoms with Gasteiger partial charge in [-0.15, -0.1) is 0 Å². The number of carbonyl (C=O) groups excluding carboxylic acids is 4. The molecule has 0 unspecified atom stereocenters. The second kappa shape index (κ2) is 27.1. The second-order valence-electron chi connectivity index (χ2n) is 17.9. The molecule has 9 aromatic carbocycles. The molecule has 13 heteroatoms. The summed E-state index contributed by atoms with van der Waals surface area (Å²) in [5.74, 6) is -1.12. The summed E-state index contributed by atoms with van der Waals surface area (Å²) < 4.78 is 53.8. The molecule has 0 fully saturated rings. The first-order valence-corrected chi connectivity index (χ1v) is 25.4. The van der Waals surface area contributed by atoms with Crippen molar-refractivity contribution in [2.24, 2.45) is 0 Å². The molecule has 0 amide bonds. The molecule has 0 bridgehead atoms. The van der Waals surface area contributed by atoms with Gasteiger partial charge in [-0.3, -0.25) is 0 Å². The average Bonchev–Trinajstić information content (AvgIpc) is 3.53. The highest BCUT2D eigenvalue weighted by molar-refractivity contribution is 5.95. The molecule has 79 heavy (non-hydrogen) atoms. The molecule has 0 heterocycles. The molecule has 0 radical (unpaired) electrons. The Morgan fingerprint density at radius 1 is 0.304 bits per heavy atom. The van der Waals surface area contributed by atoms with E-state index >= 15 is 0 Å². The quantitative estimate of drug-likeness (QED) is 0.0321. The summed E-state index contributed by atoms with van der Waals surface area (Å²) in [5, 5.41) is 0. The topological polar surface area (TPSA) is 151 Å². The van der Waals surface area contributed by atoms with Crippen molar-refractivity contribution in [3.05, 3.63) is 280 Å². The van der Waals surface area contributed by atoms with Gasteiger partial charge in [0.05, 0.1) is 22.3 Å². The van der Waals surface area contributed by atoms with Crippen molar-refractivity contribution in [3.8, 4) is 40.2 Å². The number of esters is 4. The first kappa shape index (κ1) is 53.7. The van der Waals surface area contributed by atoms with Gasteiger partial charge in [0.1, 0.15) is 69.2 Å². The van der Waals surface area contributed by atoms with Crippen LogP contribution in [0.25, 0.3) is 0 Å². The number of rotatable bonds is 24. The van der Waals surface area contributed by atoms with Gasteiger partial charge in [0, 0.05) is 5.56 Å².